The van der Waals surface area contributed by atoms with Crippen LogP contribution in [0, 0.1) is 0 Å². The van der Waals surface area contributed by atoms with Crippen molar-refractivity contribution in [3.63, 3.8) is 0 Å². The number of carbonyl (C=O) groups excluding carboxylic acids is 3. The van der Waals surface area contributed by atoms with E-state index in [4.69, 9.17) is 9.47 Å². The molecule has 0 saturated carbocycles. The maximum absolute atomic E-state index is 11.8. The summed E-state index contributed by atoms with van der Waals surface area (Å²) in [6.45, 7) is 5.84. The van der Waals surface area contributed by atoms with Crippen LogP contribution >= 0.6 is 0 Å². The molecule has 32 heavy (non-hydrogen) atoms. The summed E-state index contributed by atoms with van der Waals surface area (Å²) >= 11 is 0. The molecule has 1 unspecified atom stereocenters. The predicted octanol–water partition coefficient (Wildman–Crippen LogP) is 7.48. The van der Waals surface area contributed by atoms with E-state index in [1.54, 1.807) is 6.92 Å². The van der Waals surface area contributed by atoms with Gasteiger partial charge in [0, 0.05) is 12.8 Å². The zero-order chi connectivity index (χ0) is 23.9. The number of esters is 2. The van der Waals surface area contributed by atoms with Gasteiger partial charge in [-0.3, -0.25) is 14.4 Å². The third-order valence-corrected chi connectivity index (χ3v) is 5.90. The Kier molecular flexibility index (Phi) is 21.8. The Balaban J connectivity index is 3.30. The van der Waals surface area contributed by atoms with Gasteiger partial charge in [-0.05, 0) is 33.1 Å². The van der Waals surface area contributed by atoms with Gasteiger partial charge in [0.25, 0.3) is 0 Å². The molecule has 0 fully saturated rings. The summed E-state index contributed by atoms with van der Waals surface area (Å²) < 4.78 is 10.4. The van der Waals surface area contributed by atoms with Crippen LogP contribution in [-0.2, 0) is 23.9 Å². The molecule has 0 aromatic carbocycles. The maximum Gasteiger partial charge on any atom is 0.306 e. The number of unbranched alkanes of at least 4 members (excludes halogenated alkanes) is 15. The van der Waals surface area contributed by atoms with E-state index in [1.165, 1.54) is 64.7 Å². The van der Waals surface area contributed by atoms with Gasteiger partial charge in [-0.15, -0.1) is 0 Å². The lowest BCUT2D eigenvalue weighted by atomic mass is 10.1. The minimum Gasteiger partial charge on any atom is -0.466 e. The summed E-state index contributed by atoms with van der Waals surface area (Å²) in [6, 6.07) is 0. The third-order valence-electron chi connectivity index (χ3n) is 5.90. The average molecular weight is 455 g/mol. The van der Waals surface area contributed by atoms with Gasteiger partial charge in [0.05, 0.1) is 6.61 Å². The van der Waals surface area contributed by atoms with Crippen LogP contribution in [0.5, 0.6) is 0 Å². The fourth-order valence-electron chi connectivity index (χ4n) is 3.61. The largest absolute Gasteiger partial charge is 0.466 e. The van der Waals surface area contributed by atoms with Gasteiger partial charge in [-0.25, -0.2) is 0 Å². The molecule has 0 radical (unpaired) electrons. The highest BCUT2D eigenvalue weighted by molar-refractivity contribution is 5.83. The lowest BCUT2D eigenvalue weighted by Gasteiger charge is -2.09. The van der Waals surface area contributed by atoms with Crippen LogP contribution in [0.3, 0.4) is 0 Å². The van der Waals surface area contributed by atoms with Crippen molar-refractivity contribution in [2.45, 2.75) is 149 Å². The minimum atomic E-state index is -0.642. The Hall–Kier alpha value is -1.39. The van der Waals surface area contributed by atoms with Crippen molar-refractivity contribution in [1.29, 1.82) is 0 Å². The smallest absolute Gasteiger partial charge is 0.306 e. The number of ether oxygens (including phenoxy) is 2. The lowest BCUT2D eigenvalue weighted by molar-refractivity contribution is -0.153. The SMILES string of the molecule is CCCCCCCCCCCCCOC(=O)CCCCCCCCC(=O)OC(C)C(C)=O. The molecule has 0 spiro atoms. The number of hydrogen-bond acceptors (Lipinski definition) is 5. The molecule has 0 saturated heterocycles. The lowest BCUT2D eigenvalue weighted by Crippen LogP contribution is -2.21. The number of Topliss-reactive ketones (excluding diaryl/α,β-unsaturated/α-hetero) is 1. The van der Waals surface area contributed by atoms with Crippen LogP contribution in [0.25, 0.3) is 0 Å². The standard InChI is InChI=1S/C27H50O5/c1-4-5-6-7-8-9-10-11-14-17-20-23-31-26(29)21-18-15-12-13-16-19-22-27(30)32-25(3)24(2)28/h25H,4-23H2,1-3H3. The molecule has 0 aromatic heterocycles. The van der Waals surface area contributed by atoms with E-state index >= 15 is 0 Å². The van der Waals surface area contributed by atoms with E-state index in [0.29, 0.717) is 19.4 Å². The van der Waals surface area contributed by atoms with Crippen molar-refractivity contribution in [2.75, 3.05) is 6.61 Å². The van der Waals surface area contributed by atoms with Gasteiger partial charge in [-0.2, -0.15) is 0 Å². The van der Waals surface area contributed by atoms with Crippen LogP contribution in [0.4, 0.5) is 0 Å². The second-order valence-electron chi connectivity index (χ2n) is 9.12. The molecule has 0 aliphatic rings. The van der Waals surface area contributed by atoms with Gasteiger partial charge in [0.15, 0.2) is 11.9 Å². The predicted molar refractivity (Wildman–Crippen MR) is 131 cm³/mol. The molecule has 0 aliphatic carbocycles. The quantitative estimate of drug-likeness (QED) is 0.118. The molecule has 0 aromatic rings. The van der Waals surface area contributed by atoms with Crippen molar-refractivity contribution in [2.24, 2.45) is 0 Å². The van der Waals surface area contributed by atoms with E-state index in [1.807, 2.05) is 0 Å². The summed E-state index contributed by atoms with van der Waals surface area (Å²) in [5, 5.41) is 0. The molecule has 188 valence electrons. The van der Waals surface area contributed by atoms with Crippen molar-refractivity contribution >= 4 is 17.7 Å². The zero-order valence-corrected chi connectivity index (χ0v) is 21.3. The topological polar surface area (TPSA) is 69.7 Å². The van der Waals surface area contributed by atoms with Gasteiger partial charge in [-0.1, -0.05) is 96.8 Å². The van der Waals surface area contributed by atoms with E-state index in [0.717, 1.165) is 51.4 Å². The molecule has 0 bridgehead atoms. The zero-order valence-electron chi connectivity index (χ0n) is 21.3. The Morgan fingerprint density at radius 2 is 1.00 bits per heavy atom. The highest BCUT2D eigenvalue weighted by Crippen LogP contribution is 2.12. The Bertz CT molecular complexity index is 475. The van der Waals surface area contributed by atoms with Gasteiger partial charge in [0.1, 0.15) is 0 Å². The number of rotatable bonds is 23. The Morgan fingerprint density at radius 3 is 1.47 bits per heavy atom. The second kappa shape index (κ2) is 22.8. The molecule has 0 N–H and O–H groups in total. The van der Waals surface area contributed by atoms with Crippen LogP contribution in [-0.4, -0.2) is 30.4 Å². The van der Waals surface area contributed by atoms with Crippen LogP contribution < -0.4 is 0 Å². The van der Waals surface area contributed by atoms with Crippen LogP contribution in [0.1, 0.15) is 143 Å². The van der Waals surface area contributed by atoms with Gasteiger partial charge >= 0.3 is 11.9 Å². The molecular formula is C27H50O5. The number of ketones is 1. The van der Waals surface area contributed by atoms with E-state index < -0.39 is 6.10 Å². The average Bonchev–Trinajstić information content (AvgIpc) is 2.76. The summed E-state index contributed by atoms with van der Waals surface area (Å²) in [6.07, 6.45) is 20.2. The monoisotopic (exact) mass is 454 g/mol. The summed E-state index contributed by atoms with van der Waals surface area (Å²) in [7, 11) is 0. The van der Waals surface area contributed by atoms with E-state index in [-0.39, 0.29) is 17.7 Å². The van der Waals surface area contributed by atoms with Crippen LogP contribution in [0.15, 0.2) is 0 Å². The molecule has 5 heteroatoms. The van der Waals surface area contributed by atoms with Crippen molar-refractivity contribution in [3.05, 3.63) is 0 Å². The first-order chi connectivity index (χ1) is 15.5. The fourth-order valence-corrected chi connectivity index (χ4v) is 3.61. The first kappa shape index (κ1) is 30.6. The van der Waals surface area contributed by atoms with Gasteiger partial charge in [0.2, 0.25) is 0 Å². The first-order valence-electron chi connectivity index (χ1n) is 13.3. The second-order valence-corrected chi connectivity index (χ2v) is 9.12. The van der Waals surface area contributed by atoms with Crippen LogP contribution in [0.2, 0.25) is 0 Å². The number of carbonyl (C=O) groups is 3. The molecule has 1 atom stereocenters. The third kappa shape index (κ3) is 21.8. The maximum atomic E-state index is 11.8. The summed E-state index contributed by atoms with van der Waals surface area (Å²) in [4.78, 5) is 34.4. The Labute approximate surface area is 197 Å². The molecular weight excluding hydrogens is 404 g/mol. The molecule has 0 aliphatic heterocycles. The van der Waals surface area contributed by atoms with Gasteiger partial charge < -0.3 is 9.47 Å². The van der Waals surface area contributed by atoms with Crippen molar-refractivity contribution < 1.29 is 23.9 Å². The van der Waals surface area contributed by atoms with E-state index in [2.05, 4.69) is 6.92 Å². The number of hydrogen-bond donors (Lipinski definition) is 0. The summed E-state index contributed by atoms with van der Waals surface area (Å²) in [5.41, 5.74) is 0. The highest BCUT2D eigenvalue weighted by atomic mass is 16.5. The van der Waals surface area contributed by atoms with Crippen molar-refractivity contribution in [1.82, 2.24) is 0 Å². The highest BCUT2D eigenvalue weighted by Gasteiger charge is 2.12. The molecule has 0 rings (SSSR count). The van der Waals surface area contributed by atoms with Crippen molar-refractivity contribution in [3.8, 4) is 0 Å². The van der Waals surface area contributed by atoms with E-state index in [9.17, 15) is 14.4 Å². The minimum absolute atomic E-state index is 0.0700. The molecule has 0 amide bonds. The first-order valence-corrected chi connectivity index (χ1v) is 13.3. The normalized spacial score (nSPS) is 11.8. The summed E-state index contributed by atoms with van der Waals surface area (Å²) in [5.74, 6) is -0.497. The molecule has 5 nitrogen and oxygen atoms in total. The molecule has 0 heterocycles. The Morgan fingerprint density at radius 1 is 0.594 bits per heavy atom. The fraction of sp³-hybridized carbons (Fsp3) is 0.889.